The van der Waals surface area contributed by atoms with Gasteiger partial charge in [-0.25, -0.2) is 0 Å². The molecule has 0 saturated carbocycles. The summed E-state index contributed by atoms with van der Waals surface area (Å²) in [6.45, 7) is -0.856. The molecule has 0 unspecified atom stereocenters. The molecule has 0 aromatic heterocycles. The quantitative estimate of drug-likeness (QED) is 0.619. The number of amides is 3. The minimum Gasteiger partial charge on any atom is -0.399 e. The van der Waals surface area contributed by atoms with E-state index in [4.69, 9.17) is 28.8 Å². The maximum absolute atomic E-state index is 12.1. The van der Waals surface area contributed by atoms with Crippen LogP contribution in [0.1, 0.15) is 10.4 Å². The number of nitrogens with zero attached hydrogens (tertiary/aromatic N) is 1. The Labute approximate surface area is 114 Å². The van der Waals surface area contributed by atoms with E-state index in [-0.39, 0.29) is 10.6 Å². The summed E-state index contributed by atoms with van der Waals surface area (Å²) in [6.07, 6.45) is 0. The zero-order chi connectivity index (χ0) is 14.6. The molecule has 0 bridgehead atoms. The number of hydrogen-bond acceptors (Lipinski definition) is 4. The molecular formula is C11H13ClN4O3. The van der Waals surface area contributed by atoms with Crippen molar-refractivity contribution in [3.63, 3.8) is 0 Å². The van der Waals surface area contributed by atoms with Crippen LogP contribution in [0.2, 0.25) is 5.02 Å². The van der Waals surface area contributed by atoms with Gasteiger partial charge < -0.3 is 22.1 Å². The van der Waals surface area contributed by atoms with E-state index >= 15 is 0 Å². The molecule has 0 spiro atoms. The third-order valence-electron chi connectivity index (χ3n) is 2.20. The van der Waals surface area contributed by atoms with Gasteiger partial charge in [-0.15, -0.1) is 0 Å². The van der Waals surface area contributed by atoms with E-state index in [0.29, 0.717) is 5.69 Å². The predicted molar refractivity (Wildman–Crippen MR) is 70.2 cm³/mol. The minimum atomic E-state index is -0.763. The van der Waals surface area contributed by atoms with Crippen LogP contribution in [0.5, 0.6) is 0 Å². The van der Waals surface area contributed by atoms with E-state index in [1.54, 1.807) is 0 Å². The molecule has 0 aliphatic heterocycles. The molecule has 102 valence electrons. The van der Waals surface area contributed by atoms with Crippen LogP contribution in [0.3, 0.4) is 0 Å². The number of hydrogen-bond donors (Lipinski definition) is 3. The number of nitrogen functional groups attached to an aromatic ring is 1. The van der Waals surface area contributed by atoms with E-state index in [1.807, 2.05) is 0 Å². The second kappa shape index (κ2) is 6.05. The summed E-state index contributed by atoms with van der Waals surface area (Å²) >= 11 is 5.88. The van der Waals surface area contributed by atoms with Gasteiger partial charge in [-0.3, -0.25) is 14.4 Å². The molecule has 0 radical (unpaired) electrons. The van der Waals surface area contributed by atoms with Crippen LogP contribution in [0.25, 0.3) is 0 Å². The number of carbonyl (C=O) groups excluding carboxylic acids is 3. The predicted octanol–water partition coefficient (Wildman–Crippen LogP) is -0.665. The van der Waals surface area contributed by atoms with Crippen LogP contribution in [0, 0.1) is 0 Å². The van der Waals surface area contributed by atoms with Crippen LogP contribution in [0.4, 0.5) is 5.69 Å². The lowest BCUT2D eigenvalue weighted by molar-refractivity contribution is -0.121. The van der Waals surface area contributed by atoms with E-state index in [1.165, 1.54) is 18.2 Å². The third-order valence-corrected chi connectivity index (χ3v) is 2.52. The molecule has 3 amide bonds. The van der Waals surface area contributed by atoms with Gasteiger partial charge in [0.05, 0.1) is 10.6 Å². The summed E-state index contributed by atoms with van der Waals surface area (Å²) in [5.41, 5.74) is 16.0. The first-order valence-electron chi connectivity index (χ1n) is 5.22. The average molecular weight is 285 g/mol. The Hall–Kier alpha value is -2.28. The Kier molecular flexibility index (Phi) is 4.71. The monoisotopic (exact) mass is 284 g/mol. The van der Waals surface area contributed by atoms with Crippen LogP contribution in [-0.2, 0) is 9.59 Å². The van der Waals surface area contributed by atoms with Crippen molar-refractivity contribution in [3.05, 3.63) is 28.8 Å². The highest BCUT2D eigenvalue weighted by molar-refractivity contribution is 6.34. The fraction of sp³-hybridized carbons (Fsp3) is 0.182. The van der Waals surface area contributed by atoms with Gasteiger partial charge in [0, 0.05) is 5.69 Å². The minimum absolute atomic E-state index is 0.110. The lowest BCUT2D eigenvalue weighted by atomic mass is 10.1. The molecule has 0 aliphatic carbocycles. The number of nitrogens with two attached hydrogens (primary N) is 3. The molecule has 0 heterocycles. The van der Waals surface area contributed by atoms with E-state index in [9.17, 15) is 14.4 Å². The van der Waals surface area contributed by atoms with Gasteiger partial charge in [-0.05, 0) is 18.2 Å². The van der Waals surface area contributed by atoms with Crippen LogP contribution in [0.15, 0.2) is 18.2 Å². The Morgan fingerprint density at radius 2 is 1.63 bits per heavy atom. The molecule has 1 aromatic carbocycles. The maximum atomic E-state index is 12.1. The Balaban J connectivity index is 3.04. The smallest absolute Gasteiger partial charge is 0.256 e. The third kappa shape index (κ3) is 4.14. The highest BCUT2D eigenvalue weighted by Gasteiger charge is 2.21. The van der Waals surface area contributed by atoms with Gasteiger partial charge in [-0.1, -0.05) is 11.6 Å². The second-order valence-corrected chi connectivity index (χ2v) is 4.24. The van der Waals surface area contributed by atoms with E-state index in [2.05, 4.69) is 0 Å². The fourth-order valence-corrected chi connectivity index (χ4v) is 1.72. The molecule has 8 heteroatoms. The number of benzene rings is 1. The topological polar surface area (TPSA) is 133 Å². The van der Waals surface area contributed by atoms with Crippen molar-refractivity contribution in [3.8, 4) is 0 Å². The number of anilines is 1. The second-order valence-electron chi connectivity index (χ2n) is 3.83. The molecule has 0 aliphatic rings. The summed E-state index contributed by atoms with van der Waals surface area (Å²) in [4.78, 5) is 34.8. The highest BCUT2D eigenvalue weighted by atomic mass is 35.5. The summed E-state index contributed by atoms with van der Waals surface area (Å²) in [5.74, 6) is -2.15. The van der Waals surface area contributed by atoms with Crippen LogP contribution >= 0.6 is 11.6 Å². The zero-order valence-corrected chi connectivity index (χ0v) is 10.7. The Morgan fingerprint density at radius 1 is 1.11 bits per heavy atom. The van der Waals surface area contributed by atoms with Gasteiger partial charge in [0.25, 0.3) is 5.91 Å². The van der Waals surface area contributed by atoms with Crippen LogP contribution < -0.4 is 17.2 Å². The molecule has 19 heavy (non-hydrogen) atoms. The summed E-state index contributed by atoms with van der Waals surface area (Å²) in [5, 5.41) is 0.115. The average Bonchev–Trinajstić information content (AvgIpc) is 2.26. The SMILES string of the molecule is NC(=O)CN(CC(N)=O)C(=O)c1ccc(N)cc1Cl. The van der Waals surface area contributed by atoms with E-state index in [0.717, 1.165) is 4.90 Å². The van der Waals surface area contributed by atoms with Crippen molar-refractivity contribution in [1.29, 1.82) is 0 Å². The van der Waals surface area contributed by atoms with Crippen molar-refractivity contribution in [1.82, 2.24) is 4.90 Å². The first-order valence-corrected chi connectivity index (χ1v) is 5.60. The van der Waals surface area contributed by atoms with Gasteiger partial charge in [0.2, 0.25) is 11.8 Å². The first kappa shape index (κ1) is 14.8. The van der Waals surface area contributed by atoms with Crippen molar-refractivity contribution in [2.45, 2.75) is 0 Å². The number of primary amides is 2. The lowest BCUT2D eigenvalue weighted by Crippen LogP contribution is -2.43. The summed E-state index contributed by atoms with van der Waals surface area (Å²) in [7, 11) is 0. The Morgan fingerprint density at radius 3 is 2.05 bits per heavy atom. The number of rotatable bonds is 5. The van der Waals surface area contributed by atoms with Crippen molar-refractivity contribution < 1.29 is 14.4 Å². The molecule has 1 aromatic rings. The largest absolute Gasteiger partial charge is 0.399 e. The first-order chi connectivity index (χ1) is 8.81. The molecule has 0 atom stereocenters. The molecule has 0 fully saturated rings. The molecule has 1 rings (SSSR count). The lowest BCUT2D eigenvalue weighted by Gasteiger charge is -2.20. The van der Waals surface area contributed by atoms with Crippen molar-refractivity contribution in [2.75, 3.05) is 18.8 Å². The van der Waals surface area contributed by atoms with Crippen LogP contribution in [-0.4, -0.2) is 35.7 Å². The fourth-order valence-electron chi connectivity index (χ4n) is 1.45. The number of halogens is 1. The Bertz CT molecular complexity index is 517. The molecular weight excluding hydrogens is 272 g/mol. The van der Waals surface area contributed by atoms with Gasteiger partial charge >= 0.3 is 0 Å². The highest BCUT2D eigenvalue weighted by Crippen LogP contribution is 2.20. The van der Waals surface area contributed by atoms with Crippen molar-refractivity contribution >= 4 is 35.0 Å². The van der Waals surface area contributed by atoms with Gasteiger partial charge in [-0.2, -0.15) is 0 Å². The van der Waals surface area contributed by atoms with Gasteiger partial charge in [0.15, 0.2) is 0 Å². The standard InChI is InChI=1S/C11H13ClN4O3/c12-8-3-6(13)1-2-7(8)11(19)16(4-9(14)17)5-10(15)18/h1-3H,4-5,13H2,(H2,14,17)(H2,15,18). The van der Waals surface area contributed by atoms with Gasteiger partial charge in [0.1, 0.15) is 13.1 Å². The summed E-state index contributed by atoms with van der Waals surface area (Å²) < 4.78 is 0. The molecule has 7 nitrogen and oxygen atoms in total. The maximum Gasteiger partial charge on any atom is 0.256 e. The normalized spacial score (nSPS) is 9.95. The molecule has 6 N–H and O–H groups in total. The van der Waals surface area contributed by atoms with E-state index < -0.39 is 30.8 Å². The number of carbonyl (C=O) groups is 3. The summed E-state index contributed by atoms with van der Waals surface area (Å²) in [6, 6.07) is 4.27. The molecule has 0 saturated heterocycles. The zero-order valence-electron chi connectivity index (χ0n) is 9.93. The van der Waals surface area contributed by atoms with Crippen molar-refractivity contribution in [2.24, 2.45) is 11.5 Å².